The zero-order valence-corrected chi connectivity index (χ0v) is 10.9. The molecule has 19 heavy (non-hydrogen) atoms. The summed E-state index contributed by atoms with van der Waals surface area (Å²) in [6, 6.07) is 3.59. The second kappa shape index (κ2) is 6.29. The summed E-state index contributed by atoms with van der Waals surface area (Å²) in [6.45, 7) is 2.21. The van der Waals surface area contributed by atoms with Crippen LogP contribution in [0.5, 0.6) is 0 Å². The number of furan rings is 1. The summed E-state index contributed by atoms with van der Waals surface area (Å²) in [5.41, 5.74) is 0.393. The Hall–Kier alpha value is -1.95. The van der Waals surface area contributed by atoms with Crippen LogP contribution in [0.2, 0.25) is 0 Å². The van der Waals surface area contributed by atoms with Crippen molar-refractivity contribution in [2.75, 3.05) is 19.0 Å². The third kappa shape index (κ3) is 3.08. The van der Waals surface area contributed by atoms with Crippen molar-refractivity contribution < 1.29 is 13.5 Å². The van der Waals surface area contributed by atoms with E-state index in [0.717, 1.165) is 0 Å². The van der Waals surface area contributed by atoms with Gasteiger partial charge in [0, 0.05) is 13.7 Å². The largest absolute Gasteiger partial charge is 0.467 e. The van der Waals surface area contributed by atoms with Crippen LogP contribution in [0, 0.1) is 5.82 Å². The molecule has 0 amide bonds. The van der Waals surface area contributed by atoms with Crippen molar-refractivity contribution in [3.8, 4) is 0 Å². The monoisotopic (exact) mass is 265 g/mol. The van der Waals surface area contributed by atoms with Crippen molar-refractivity contribution in [2.24, 2.45) is 0 Å². The first-order chi connectivity index (χ1) is 9.26. The van der Waals surface area contributed by atoms with Gasteiger partial charge in [-0.25, -0.2) is 14.4 Å². The second-order valence-electron chi connectivity index (χ2n) is 3.96. The van der Waals surface area contributed by atoms with E-state index in [-0.39, 0.29) is 11.9 Å². The zero-order valence-electron chi connectivity index (χ0n) is 10.9. The first-order valence-electron chi connectivity index (χ1n) is 6.05. The number of aryl methyl sites for hydroxylation is 1. The average Bonchev–Trinajstić information content (AvgIpc) is 2.95. The number of nitrogens with one attached hydrogen (secondary N) is 1. The molecule has 2 rings (SSSR count). The minimum atomic E-state index is -0.417. The van der Waals surface area contributed by atoms with Crippen LogP contribution in [0.15, 0.2) is 29.1 Å². The fourth-order valence-electron chi connectivity index (χ4n) is 1.74. The molecule has 0 aliphatic rings. The highest BCUT2D eigenvalue weighted by Gasteiger charge is 2.15. The molecule has 6 heteroatoms. The minimum absolute atomic E-state index is 0.181. The third-order valence-corrected chi connectivity index (χ3v) is 2.80. The fraction of sp³-hybridized carbons (Fsp3) is 0.385. The van der Waals surface area contributed by atoms with Gasteiger partial charge in [-0.05, 0) is 18.6 Å². The molecule has 0 spiro atoms. The van der Waals surface area contributed by atoms with Gasteiger partial charge in [0.25, 0.3) is 0 Å². The lowest BCUT2D eigenvalue weighted by Gasteiger charge is -2.14. The Morgan fingerprint density at radius 2 is 2.32 bits per heavy atom. The van der Waals surface area contributed by atoms with Crippen LogP contribution in [0.4, 0.5) is 10.2 Å². The normalized spacial score (nSPS) is 12.4. The lowest BCUT2D eigenvalue weighted by molar-refractivity contribution is 0.0942. The molecule has 0 bridgehead atoms. The van der Waals surface area contributed by atoms with Crippen LogP contribution >= 0.6 is 0 Å². The van der Waals surface area contributed by atoms with E-state index in [0.29, 0.717) is 24.4 Å². The van der Waals surface area contributed by atoms with Crippen LogP contribution in [-0.2, 0) is 11.2 Å². The molecule has 5 nitrogen and oxygen atoms in total. The zero-order chi connectivity index (χ0) is 13.7. The molecule has 2 heterocycles. The topological polar surface area (TPSA) is 60.2 Å². The molecule has 1 N–H and O–H groups in total. The van der Waals surface area contributed by atoms with Gasteiger partial charge in [0.2, 0.25) is 0 Å². The van der Waals surface area contributed by atoms with Gasteiger partial charge < -0.3 is 14.5 Å². The molecule has 2 aromatic rings. The van der Waals surface area contributed by atoms with Crippen molar-refractivity contribution in [1.29, 1.82) is 0 Å². The molecule has 0 fully saturated rings. The van der Waals surface area contributed by atoms with E-state index < -0.39 is 5.82 Å². The first-order valence-corrected chi connectivity index (χ1v) is 6.05. The number of hydrogen-bond donors (Lipinski definition) is 1. The van der Waals surface area contributed by atoms with Crippen molar-refractivity contribution in [3.63, 3.8) is 0 Å². The summed E-state index contributed by atoms with van der Waals surface area (Å²) in [6.07, 6.45) is 3.14. The van der Waals surface area contributed by atoms with E-state index in [9.17, 15) is 4.39 Å². The molecule has 2 aromatic heterocycles. The van der Waals surface area contributed by atoms with E-state index in [1.54, 1.807) is 19.4 Å². The smallest absolute Gasteiger partial charge is 0.186 e. The van der Waals surface area contributed by atoms with Crippen molar-refractivity contribution in [2.45, 2.75) is 19.4 Å². The van der Waals surface area contributed by atoms with Crippen molar-refractivity contribution in [3.05, 3.63) is 42.0 Å². The van der Waals surface area contributed by atoms with Crippen molar-refractivity contribution in [1.82, 2.24) is 9.97 Å². The van der Waals surface area contributed by atoms with Gasteiger partial charge in [-0.15, -0.1) is 0 Å². The maximum Gasteiger partial charge on any atom is 0.186 e. The molecule has 0 saturated heterocycles. The van der Waals surface area contributed by atoms with E-state index in [1.807, 2.05) is 13.0 Å². The van der Waals surface area contributed by atoms with Crippen molar-refractivity contribution >= 4 is 5.82 Å². The lowest BCUT2D eigenvalue weighted by Crippen LogP contribution is -2.16. The highest BCUT2D eigenvalue weighted by atomic mass is 19.1. The molecule has 0 aliphatic carbocycles. The van der Waals surface area contributed by atoms with Gasteiger partial charge in [0.15, 0.2) is 11.6 Å². The lowest BCUT2D eigenvalue weighted by atomic mass is 10.2. The molecule has 0 saturated carbocycles. The number of methoxy groups -OCH3 is 1. The highest BCUT2D eigenvalue weighted by molar-refractivity contribution is 5.37. The number of halogens is 1. The maximum atomic E-state index is 13.9. The van der Waals surface area contributed by atoms with Gasteiger partial charge in [0.05, 0.1) is 12.0 Å². The molecule has 1 atom stereocenters. The third-order valence-electron chi connectivity index (χ3n) is 2.80. The van der Waals surface area contributed by atoms with Gasteiger partial charge in [-0.1, -0.05) is 6.92 Å². The average molecular weight is 265 g/mol. The van der Waals surface area contributed by atoms with E-state index in [2.05, 4.69) is 15.3 Å². The van der Waals surface area contributed by atoms with E-state index in [1.165, 1.54) is 6.33 Å². The van der Waals surface area contributed by atoms with Gasteiger partial charge >= 0.3 is 0 Å². The van der Waals surface area contributed by atoms with E-state index in [4.69, 9.17) is 9.15 Å². The SMILES string of the molecule is CCc1ncnc(NCC(OC)c2ccco2)c1F. The molecule has 1 unspecified atom stereocenters. The number of ether oxygens (including phenoxy) is 1. The van der Waals surface area contributed by atoms with Gasteiger partial charge in [0.1, 0.15) is 18.2 Å². The van der Waals surface area contributed by atoms with Crippen LogP contribution in [0.3, 0.4) is 0 Å². The van der Waals surface area contributed by atoms with Crippen LogP contribution < -0.4 is 5.32 Å². The fourth-order valence-corrected chi connectivity index (χ4v) is 1.74. The van der Waals surface area contributed by atoms with Crippen LogP contribution in [0.25, 0.3) is 0 Å². The Balaban J connectivity index is 2.06. The molecular weight excluding hydrogens is 249 g/mol. The Bertz CT molecular complexity index is 517. The summed E-state index contributed by atoms with van der Waals surface area (Å²) in [5, 5.41) is 2.92. The maximum absolute atomic E-state index is 13.9. The predicted octanol–water partition coefficient (Wildman–Crippen LogP) is 2.57. The Kier molecular flexibility index (Phi) is 4.46. The Morgan fingerprint density at radius 1 is 1.47 bits per heavy atom. The Morgan fingerprint density at radius 3 is 2.95 bits per heavy atom. The first kappa shape index (κ1) is 13.5. The highest BCUT2D eigenvalue weighted by Crippen LogP contribution is 2.19. The second-order valence-corrected chi connectivity index (χ2v) is 3.96. The molecular formula is C13H16FN3O2. The summed E-state index contributed by atoms with van der Waals surface area (Å²) >= 11 is 0. The number of hydrogen-bond acceptors (Lipinski definition) is 5. The van der Waals surface area contributed by atoms with Crippen LogP contribution in [-0.4, -0.2) is 23.6 Å². The number of anilines is 1. The minimum Gasteiger partial charge on any atom is -0.467 e. The van der Waals surface area contributed by atoms with Crippen LogP contribution in [0.1, 0.15) is 24.5 Å². The van der Waals surface area contributed by atoms with E-state index >= 15 is 0 Å². The summed E-state index contributed by atoms with van der Waals surface area (Å²) in [5.74, 6) is 0.444. The molecule has 0 aromatic carbocycles. The number of aromatic nitrogens is 2. The summed E-state index contributed by atoms with van der Waals surface area (Å²) in [4.78, 5) is 7.77. The standard InChI is InChI=1S/C13H16FN3O2/c1-3-9-12(14)13(17-8-16-9)15-7-11(18-2)10-5-4-6-19-10/h4-6,8,11H,3,7H2,1-2H3,(H,15,16,17). The number of rotatable bonds is 6. The Labute approximate surface area is 110 Å². The summed E-state index contributed by atoms with van der Waals surface area (Å²) in [7, 11) is 1.57. The molecule has 0 aliphatic heterocycles. The summed E-state index contributed by atoms with van der Waals surface area (Å²) < 4.78 is 24.5. The molecule has 102 valence electrons. The van der Waals surface area contributed by atoms with Gasteiger partial charge in [-0.2, -0.15) is 0 Å². The molecule has 0 radical (unpaired) electrons. The predicted molar refractivity (Wildman–Crippen MR) is 68.3 cm³/mol. The number of nitrogens with zero attached hydrogens (tertiary/aromatic N) is 2. The van der Waals surface area contributed by atoms with Gasteiger partial charge in [-0.3, -0.25) is 0 Å². The quantitative estimate of drug-likeness (QED) is 0.869.